The van der Waals surface area contributed by atoms with Gasteiger partial charge in [-0.25, -0.2) is 9.18 Å². The number of halogens is 4. The van der Waals surface area contributed by atoms with E-state index in [1.165, 1.54) is 0 Å². The number of rotatable bonds is 4. The summed E-state index contributed by atoms with van der Waals surface area (Å²) in [5.74, 6) is -0.906. The highest BCUT2D eigenvalue weighted by Crippen LogP contribution is 2.33. The summed E-state index contributed by atoms with van der Waals surface area (Å²) < 4.78 is 58.8. The minimum atomic E-state index is -4.52. The predicted octanol–water partition coefficient (Wildman–Crippen LogP) is 1.66. The maximum Gasteiger partial charge on any atom is 0.407 e. The fourth-order valence-corrected chi connectivity index (χ4v) is 4.29. The van der Waals surface area contributed by atoms with Crippen LogP contribution in [0.1, 0.15) is 18.0 Å². The van der Waals surface area contributed by atoms with Gasteiger partial charge in [0.15, 0.2) is 0 Å². The van der Waals surface area contributed by atoms with Crippen LogP contribution in [0.4, 0.5) is 22.4 Å². The quantitative estimate of drug-likeness (QED) is 0.693. The van der Waals surface area contributed by atoms with Crippen LogP contribution in [-0.2, 0) is 9.53 Å². The van der Waals surface area contributed by atoms with E-state index in [0.29, 0.717) is 32.6 Å². The smallest absolute Gasteiger partial charge is 0.366 e. The molecule has 3 amide bonds. The van der Waals surface area contributed by atoms with Crippen molar-refractivity contribution in [1.29, 1.82) is 0 Å². The number of amides is 3. The van der Waals surface area contributed by atoms with E-state index in [2.05, 4.69) is 10.6 Å². The van der Waals surface area contributed by atoms with Gasteiger partial charge in [0.25, 0.3) is 0 Å². The molecule has 0 radical (unpaired) electrons. The maximum absolute atomic E-state index is 13.4. The lowest BCUT2D eigenvalue weighted by Crippen LogP contribution is -2.64. The Balaban J connectivity index is 1.26. The lowest BCUT2D eigenvalue weighted by atomic mass is 9.98. The van der Waals surface area contributed by atoms with Crippen molar-refractivity contribution in [3.05, 3.63) is 35.6 Å². The van der Waals surface area contributed by atoms with Crippen molar-refractivity contribution < 1.29 is 31.9 Å². The fraction of sp³-hybridized carbons (Fsp3) is 0.600. The number of piperidine rings is 1. The molecule has 3 heterocycles. The number of carbonyl (C=O) groups is 2. The molecule has 0 bridgehead atoms. The Morgan fingerprint density at radius 3 is 2.58 bits per heavy atom. The van der Waals surface area contributed by atoms with Gasteiger partial charge in [-0.15, -0.1) is 0 Å². The molecule has 2 N–H and O–H groups in total. The SMILES string of the molecule is O=C1CO[C@H]2CCN(C(=O)N3CC(CNC(c4ccc(F)cc4)C(F)(F)F)C3)C[C@H]2N1. The zero-order valence-corrected chi connectivity index (χ0v) is 16.7. The van der Waals surface area contributed by atoms with Gasteiger partial charge in [-0.3, -0.25) is 4.79 Å². The van der Waals surface area contributed by atoms with Crippen LogP contribution < -0.4 is 10.6 Å². The number of alkyl halides is 3. The number of nitrogens with zero attached hydrogens (tertiary/aromatic N) is 2. The van der Waals surface area contributed by atoms with E-state index in [0.717, 1.165) is 24.3 Å². The molecule has 3 atom stereocenters. The second kappa shape index (κ2) is 8.62. The summed E-state index contributed by atoms with van der Waals surface area (Å²) in [4.78, 5) is 27.4. The molecule has 3 aliphatic heterocycles. The van der Waals surface area contributed by atoms with Crippen LogP contribution in [-0.4, -0.2) is 79.4 Å². The highest BCUT2D eigenvalue weighted by molar-refractivity contribution is 5.79. The average Bonchev–Trinajstić information content (AvgIpc) is 2.69. The van der Waals surface area contributed by atoms with E-state index >= 15 is 0 Å². The molecule has 0 aliphatic carbocycles. The molecule has 31 heavy (non-hydrogen) atoms. The lowest BCUT2D eigenvalue weighted by molar-refractivity contribution is -0.158. The van der Waals surface area contributed by atoms with Crippen LogP contribution in [0.3, 0.4) is 0 Å². The number of likely N-dealkylation sites (tertiary alicyclic amines) is 2. The standard InChI is InChI=1S/C20H24F4N4O3/c21-14-3-1-13(2-4-14)18(20(22,23)24)25-7-12-8-28(9-12)19(30)27-6-5-16-15(10-27)26-17(29)11-31-16/h1-4,12,15-16,18,25H,5-11H2,(H,26,29)/t15-,16+,18?/m1/s1. The van der Waals surface area contributed by atoms with Crippen molar-refractivity contribution in [2.75, 3.05) is 39.3 Å². The van der Waals surface area contributed by atoms with Crippen molar-refractivity contribution in [3.63, 3.8) is 0 Å². The lowest BCUT2D eigenvalue weighted by Gasteiger charge is -2.46. The molecule has 7 nitrogen and oxygen atoms in total. The van der Waals surface area contributed by atoms with Gasteiger partial charge >= 0.3 is 12.2 Å². The summed E-state index contributed by atoms with van der Waals surface area (Å²) in [7, 11) is 0. The number of hydrogen-bond donors (Lipinski definition) is 2. The summed E-state index contributed by atoms with van der Waals surface area (Å²) in [5.41, 5.74) is -0.0548. The summed E-state index contributed by atoms with van der Waals surface area (Å²) in [6, 6.07) is 1.93. The highest BCUT2D eigenvalue weighted by Gasteiger charge is 2.43. The minimum Gasteiger partial charge on any atom is -0.366 e. The summed E-state index contributed by atoms with van der Waals surface area (Å²) in [6.45, 7) is 1.69. The molecule has 1 aromatic rings. The van der Waals surface area contributed by atoms with E-state index in [4.69, 9.17) is 4.74 Å². The zero-order valence-electron chi connectivity index (χ0n) is 16.7. The molecule has 4 rings (SSSR count). The molecule has 1 aromatic carbocycles. The van der Waals surface area contributed by atoms with Gasteiger partial charge in [0.1, 0.15) is 18.5 Å². The van der Waals surface area contributed by atoms with E-state index in [-0.39, 0.29) is 48.7 Å². The predicted molar refractivity (Wildman–Crippen MR) is 102 cm³/mol. The Bertz CT molecular complexity index is 814. The molecular formula is C20H24F4N4O3. The van der Waals surface area contributed by atoms with Crippen LogP contribution in [0.2, 0.25) is 0 Å². The van der Waals surface area contributed by atoms with Gasteiger partial charge in [-0.2, -0.15) is 13.2 Å². The number of hydrogen-bond acceptors (Lipinski definition) is 4. The average molecular weight is 444 g/mol. The first-order valence-corrected chi connectivity index (χ1v) is 10.2. The number of urea groups is 1. The molecule has 170 valence electrons. The minimum absolute atomic E-state index is 0.0345. The first-order chi connectivity index (χ1) is 14.7. The van der Waals surface area contributed by atoms with Crippen LogP contribution in [0.15, 0.2) is 24.3 Å². The normalized spacial score (nSPS) is 25.5. The van der Waals surface area contributed by atoms with Crippen molar-refractivity contribution in [2.24, 2.45) is 5.92 Å². The monoisotopic (exact) mass is 444 g/mol. The first-order valence-electron chi connectivity index (χ1n) is 10.2. The summed E-state index contributed by atoms with van der Waals surface area (Å²) in [5, 5.41) is 5.35. The Morgan fingerprint density at radius 1 is 1.19 bits per heavy atom. The molecule has 3 aliphatic rings. The molecule has 11 heteroatoms. The summed E-state index contributed by atoms with van der Waals surface area (Å²) in [6.07, 6.45) is -3.99. The molecule has 3 fully saturated rings. The topological polar surface area (TPSA) is 73.9 Å². The molecule has 3 saturated heterocycles. The third-order valence-corrected chi connectivity index (χ3v) is 5.96. The molecular weight excluding hydrogens is 420 g/mol. The van der Waals surface area contributed by atoms with Gasteiger partial charge in [-0.05, 0) is 24.1 Å². The van der Waals surface area contributed by atoms with Gasteiger partial charge in [0.05, 0.1) is 12.1 Å². The van der Waals surface area contributed by atoms with Crippen LogP contribution in [0.25, 0.3) is 0 Å². The van der Waals surface area contributed by atoms with E-state index in [1.807, 2.05) is 0 Å². The number of carbonyl (C=O) groups excluding carboxylic acids is 2. The van der Waals surface area contributed by atoms with Gasteiger partial charge in [0.2, 0.25) is 5.91 Å². The van der Waals surface area contributed by atoms with E-state index in [1.54, 1.807) is 9.80 Å². The Kier molecular flexibility index (Phi) is 6.07. The van der Waals surface area contributed by atoms with Crippen molar-refractivity contribution >= 4 is 11.9 Å². The Hall–Kier alpha value is -2.40. The highest BCUT2D eigenvalue weighted by atomic mass is 19.4. The molecule has 0 aromatic heterocycles. The third-order valence-electron chi connectivity index (χ3n) is 5.96. The molecule has 0 spiro atoms. The van der Waals surface area contributed by atoms with Gasteiger partial charge < -0.3 is 25.2 Å². The van der Waals surface area contributed by atoms with E-state index in [9.17, 15) is 27.2 Å². The van der Waals surface area contributed by atoms with Crippen LogP contribution >= 0.6 is 0 Å². The van der Waals surface area contributed by atoms with Gasteiger partial charge in [0, 0.05) is 38.6 Å². The second-order valence-electron chi connectivity index (χ2n) is 8.25. The molecule has 0 saturated carbocycles. The number of morpholine rings is 1. The second-order valence-corrected chi connectivity index (χ2v) is 8.25. The number of benzene rings is 1. The Labute approximate surface area is 176 Å². The van der Waals surface area contributed by atoms with E-state index < -0.39 is 18.0 Å². The third kappa shape index (κ3) is 4.93. The van der Waals surface area contributed by atoms with Gasteiger partial charge in [-0.1, -0.05) is 12.1 Å². The van der Waals surface area contributed by atoms with Crippen LogP contribution in [0, 0.1) is 11.7 Å². The fourth-order valence-electron chi connectivity index (χ4n) is 4.29. The first kappa shape index (κ1) is 21.8. The van der Waals surface area contributed by atoms with Crippen molar-refractivity contribution in [2.45, 2.75) is 30.8 Å². The largest absolute Gasteiger partial charge is 0.407 e. The maximum atomic E-state index is 13.4. The van der Waals surface area contributed by atoms with Crippen molar-refractivity contribution in [3.8, 4) is 0 Å². The summed E-state index contributed by atoms with van der Waals surface area (Å²) >= 11 is 0. The number of ether oxygens (including phenoxy) is 1. The molecule has 1 unspecified atom stereocenters. The van der Waals surface area contributed by atoms with Crippen LogP contribution in [0.5, 0.6) is 0 Å². The zero-order chi connectivity index (χ0) is 22.2. The Morgan fingerprint density at radius 2 is 1.90 bits per heavy atom. The van der Waals surface area contributed by atoms with Crippen molar-refractivity contribution in [1.82, 2.24) is 20.4 Å². The number of nitrogens with one attached hydrogen (secondary N) is 2. The number of fused-ring (bicyclic) bond motifs is 1.